The summed E-state index contributed by atoms with van der Waals surface area (Å²) in [6.45, 7) is 8.12. The van der Waals surface area contributed by atoms with Crippen molar-refractivity contribution in [3.8, 4) is 0 Å². The highest BCUT2D eigenvalue weighted by Crippen LogP contribution is 2.40. The van der Waals surface area contributed by atoms with Crippen LogP contribution < -0.4 is 0 Å². The number of nitrogens with zero attached hydrogens (tertiary/aromatic N) is 2. The molecule has 124 valence electrons. The minimum atomic E-state index is 0.386. The van der Waals surface area contributed by atoms with Gasteiger partial charge < -0.3 is 9.47 Å². The van der Waals surface area contributed by atoms with E-state index in [4.69, 9.17) is 9.47 Å². The second kappa shape index (κ2) is 6.23. The molecule has 2 aliphatic carbocycles. The first-order chi connectivity index (χ1) is 10.8. The normalized spacial score (nSPS) is 31.5. The molecule has 0 aromatic heterocycles. The second-order valence-corrected chi connectivity index (χ2v) is 7.62. The van der Waals surface area contributed by atoms with Gasteiger partial charge in [-0.25, -0.2) is 0 Å². The lowest BCUT2D eigenvalue weighted by Gasteiger charge is -2.53. The highest BCUT2D eigenvalue weighted by molar-refractivity contribution is 5.05. The van der Waals surface area contributed by atoms with Crippen LogP contribution in [0.1, 0.15) is 38.5 Å². The molecule has 0 bridgehead atoms. The van der Waals surface area contributed by atoms with Crippen molar-refractivity contribution in [2.24, 2.45) is 0 Å². The lowest BCUT2D eigenvalue weighted by atomic mass is 9.75. The molecular weight excluding hydrogens is 276 g/mol. The van der Waals surface area contributed by atoms with Crippen LogP contribution in [-0.4, -0.2) is 73.5 Å². The van der Waals surface area contributed by atoms with Crippen LogP contribution in [0.4, 0.5) is 0 Å². The number of morpholine rings is 2. The Labute approximate surface area is 134 Å². The Hall–Kier alpha value is -0.420. The van der Waals surface area contributed by atoms with Crippen molar-refractivity contribution in [2.45, 2.75) is 49.6 Å². The Morgan fingerprint density at radius 2 is 1.18 bits per heavy atom. The van der Waals surface area contributed by atoms with E-state index in [9.17, 15) is 0 Å². The van der Waals surface area contributed by atoms with Gasteiger partial charge >= 0.3 is 0 Å². The molecule has 4 nitrogen and oxygen atoms in total. The molecule has 0 atom stereocenters. The van der Waals surface area contributed by atoms with Crippen LogP contribution in [0.3, 0.4) is 0 Å². The molecule has 2 saturated heterocycles. The summed E-state index contributed by atoms with van der Waals surface area (Å²) < 4.78 is 11.4. The average molecular weight is 306 g/mol. The van der Waals surface area contributed by atoms with Crippen molar-refractivity contribution >= 4 is 0 Å². The maximum Gasteiger partial charge on any atom is 0.0651 e. The predicted octanol–water partition coefficient (Wildman–Crippen LogP) is 2.05. The smallest absolute Gasteiger partial charge is 0.0651 e. The molecule has 2 spiro atoms. The van der Waals surface area contributed by atoms with E-state index in [1.165, 1.54) is 38.5 Å². The molecule has 4 fully saturated rings. The fraction of sp³-hybridized carbons (Fsp3) is 0.889. The zero-order chi connectivity index (χ0) is 14.9. The standard InChI is InChI=1S/C18H30N2O2/c1(9-19-11-13-21-15-17(19)5-3-6-17)2-10-20-12-14-22-16-18(20)7-4-8-18/h1-2H,3-16H2/b2-1+. The zero-order valence-electron chi connectivity index (χ0n) is 13.8. The molecule has 0 radical (unpaired) electrons. The minimum absolute atomic E-state index is 0.386. The van der Waals surface area contributed by atoms with Gasteiger partial charge in [0, 0.05) is 37.3 Å². The Kier molecular flexibility index (Phi) is 4.29. The average Bonchev–Trinajstić information content (AvgIpc) is 2.49. The van der Waals surface area contributed by atoms with Crippen LogP contribution in [0.25, 0.3) is 0 Å². The van der Waals surface area contributed by atoms with Gasteiger partial charge in [-0.15, -0.1) is 0 Å². The van der Waals surface area contributed by atoms with Gasteiger partial charge in [0.05, 0.1) is 26.4 Å². The molecule has 22 heavy (non-hydrogen) atoms. The van der Waals surface area contributed by atoms with Gasteiger partial charge in [0.2, 0.25) is 0 Å². The van der Waals surface area contributed by atoms with Gasteiger partial charge in [-0.3, -0.25) is 9.80 Å². The summed E-state index contributed by atoms with van der Waals surface area (Å²) in [6.07, 6.45) is 12.8. The van der Waals surface area contributed by atoms with E-state index in [-0.39, 0.29) is 0 Å². The molecular formula is C18H30N2O2. The van der Waals surface area contributed by atoms with Crippen molar-refractivity contribution in [3.05, 3.63) is 12.2 Å². The summed E-state index contributed by atoms with van der Waals surface area (Å²) >= 11 is 0. The number of ether oxygens (including phenoxy) is 2. The molecule has 0 amide bonds. The van der Waals surface area contributed by atoms with E-state index in [2.05, 4.69) is 22.0 Å². The quantitative estimate of drug-likeness (QED) is 0.742. The van der Waals surface area contributed by atoms with Gasteiger partial charge in [-0.2, -0.15) is 0 Å². The maximum atomic E-state index is 5.72. The van der Waals surface area contributed by atoms with Gasteiger partial charge in [-0.05, 0) is 38.5 Å². The van der Waals surface area contributed by atoms with Crippen LogP contribution in [0.2, 0.25) is 0 Å². The Morgan fingerprint density at radius 1 is 0.727 bits per heavy atom. The van der Waals surface area contributed by atoms with Crippen LogP contribution in [0.15, 0.2) is 12.2 Å². The van der Waals surface area contributed by atoms with E-state index in [1.54, 1.807) is 0 Å². The molecule has 0 unspecified atom stereocenters. The van der Waals surface area contributed by atoms with E-state index < -0.39 is 0 Å². The molecule has 4 rings (SSSR count). The molecule has 2 aliphatic heterocycles. The first kappa shape index (κ1) is 15.1. The van der Waals surface area contributed by atoms with Crippen LogP contribution in [0, 0.1) is 0 Å². The summed E-state index contributed by atoms with van der Waals surface area (Å²) in [5.74, 6) is 0. The van der Waals surface area contributed by atoms with Crippen LogP contribution in [0.5, 0.6) is 0 Å². The Bertz CT molecular complexity index is 377. The van der Waals surface area contributed by atoms with Gasteiger partial charge in [-0.1, -0.05) is 12.2 Å². The molecule has 2 heterocycles. The minimum Gasteiger partial charge on any atom is -0.378 e. The van der Waals surface area contributed by atoms with E-state index in [0.29, 0.717) is 11.1 Å². The first-order valence-corrected chi connectivity index (χ1v) is 9.14. The third kappa shape index (κ3) is 2.64. The summed E-state index contributed by atoms with van der Waals surface area (Å²) in [5.41, 5.74) is 0.771. The third-order valence-electron chi connectivity index (χ3n) is 6.48. The zero-order valence-corrected chi connectivity index (χ0v) is 13.8. The first-order valence-electron chi connectivity index (χ1n) is 9.14. The number of rotatable bonds is 4. The lowest BCUT2D eigenvalue weighted by molar-refractivity contribution is -0.103. The van der Waals surface area contributed by atoms with E-state index >= 15 is 0 Å². The molecule has 4 heteroatoms. The van der Waals surface area contributed by atoms with E-state index in [1.807, 2.05) is 0 Å². The maximum absolute atomic E-state index is 5.72. The van der Waals surface area contributed by atoms with E-state index in [0.717, 1.165) is 52.6 Å². The largest absolute Gasteiger partial charge is 0.378 e. The summed E-state index contributed by atoms with van der Waals surface area (Å²) in [7, 11) is 0. The predicted molar refractivity (Wildman–Crippen MR) is 87.1 cm³/mol. The highest BCUT2D eigenvalue weighted by atomic mass is 16.5. The Balaban J connectivity index is 1.29. The van der Waals surface area contributed by atoms with Crippen molar-refractivity contribution in [2.75, 3.05) is 52.6 Å². The van der Waals surface area contributed by atoms with Crippen molar-refractivity contribution in [3.63, 3.8) is 0 Å². The molecule has 4 aliphatic rings. The summed E-state index contributed by atoms with van der Waals surface area (Å²) in [4.78, 5) is 5.32. The number of hydrogen-bond donors (Lipinski definition) is 0. The fourth-order valence-electron chi connectivity index (χ4n) is 4.60. The van der Waals surface area contributed by atoms with Crippen LogP contribution in [-0.2, 0) is 9.47 Å². The van der Waals surface area contributed by atoms with Crippen LogP contribution >= 0.6 is 0 Å². The third-order valence-corrected chi connectivity index (χ3v) is 6.48. The Morgan fingerprint density at radius 3 is 1.55 bits per heavy atom. The second-order valence-electron chi connectivity index (χ2n) is 7.62. The highest BCUT2D eigenvalue weighted by Gasteiger charge is 2.45. The number of hydrogen-bond acceptors (Lipinski definition) is 4. The SMILES string of the molecule is C(=C\CN1CCOCC12CCC2)/CN1CCOCC12CCC2. The van der Waals surface area contributed by atoms with Gasteiger partial charge in [0.15, 0.2) is 0 Å². The molecule has 0 N–H and O–H groups in total. The lowest BCUT2D eigenvalue weighted by Crippen LogP contribution is -2.61. The van der Waals surface area contributed by atoms with Gasteiger partial charge in [0.1, 0.15) is 0 Å². The van der Waals surface area contributed by atoms with Gasteiger partial charge in [0.25, 0.3) is 0 Å². The summed E-state index contributed by atoms with van der Waals surface area (Å²) in [5, 5.41) is 0. The molecule has 0 aromatic rings. The monoisotopic (exact) mass is 306 g/mol. The molecule has 2 saturated carbocycles. The topological polar surface area (TPSA) is 24.9 Å². The van der Waals surface area contributed by atoms with Crippen molar-refractivity contribution in [1.82, 2.24) is 9.80 Å². The van der Waals surface area contributed by atoms with Crippen molar-refractivity contribution < 1.29 is 9.47 Å². The van der Waals surface area contributed by atoms with Crippen molar-refractivity contribution in [1.29, 1.82) is 0 Å². The summed E-state index contributed by atoms with van der Waals surface area (Å²) in [6, 6.07) is 0. The fourth-order valence-corrected chi connectivity index (χ4v) is 4.60. The molecule has 0 aromatic carbocycles.